The van der Waals surface area contributed by atoms with E-state index in [2.05, 4.69) is 54.6 Å². The third kappa shape index (κ3) is 7.47. The number of anilines is 3. The van der Waals surface area contributed by atoms with Gasteiger partial charge in [0.1, 0.15) is 5.75 Å². The summed E-state index contributed by atoms with van der Waals surface area (Å²) >= 11 is 0. The Morgan fingerprint density at radius 1 is 0.897 bits per heavy atom. The molecule has 0 atom stereocenters. The Labute approximate surface area is 233 Å². The number of likely N-dealkylation sites (N-methyl/N-ethyl adjacent to an activating group) is 1. The van der Waals surface area contributed by atoms with Crippen LogP contribution in [0, 0.1) is 0 Å². The van der Waals surface area contributed by atoms with Crippen molar-refractivity contribution < 1.29 is 4.74 Å². The van der Waals surface area contributed by atoms with Crippen LogP contribution in [0.15, 0.2) is 54.7 Å². The highest BCUT2D eigenvalue weighted by Crippen LogP contribution is 2.30. The van der Waals surface area contributed by atoms with E-state index in [1.54, 1.807) is 0 Å². The minimum Gasteiger partial charge on any atom is -0.494 e. The molecule has 0 unspecified atom stereocenters. The Bertz CT molecular complexity index is 1190. The molecular formula is C31H43N7O. The highest BCUT2D eigenvalue weighted by Gasteiger charge is 2.20. The number of nitrogens with one attached hydrogen (secondary N) is 2. The SMILES string of the molecule is CCOc1cccc(-c2ccnc(Nc3ccc(N4CCCCC4)c(CN4CCN(CCNC)CC4)c3)n2)c1. The summed E-state index contributed by atoms with van der Waals surface area (Å²) in [5.41, 5.74) is 5.67. The second-order valence-electron chi connectivity index (χ2n) is 10.5. The molecule has 0 bridgehead atoms. The van der Waals surface area contributed by atoms with Crippen LogP contribution in [0.1, 0.15) is 31.7 Å². The second kappa shape index (κ2) is 13.7. The van der Waals surface area contributed by atoms with E-state index in [-0.39, 0.29) is 0 Å². The normalized spacial score (nSPS) is 16.8. The molecule has 0 aliphatic carbocycles. The minimum atomic E-state index is 0.601. The first-order chi connectivity index (χ1) is 19.2. The fourth-order valence-corrected chi connectivity index (χ4v) is 5.54. The van der Waals surface area contributed by atoms with Gasteiger partial charge in [-0.05, 0) is 75.2 Å². The summed E-state index contributed by atoms with van der Waals surface area (Å²) in [5, 5.41) is 6.76. The highest BCUT2D eigenvalue weighted by molar-refractivity contribution is 5.66. The van der Waals surface area contributed by atoms with Crippen LogP contribution in [-0.4, -0.2) is 85.8 Å². The summed E-state index contributed by atoms with van der Waals surface area (Å²) in [6, 6.07) is 16.8. The lowest BCUT2D eigenvalue weighted by atomic mass is 10.1. The molecule has 2 aromatic carbocycles. The Kier molecular flexibility index (Phi) is 9.64. The second-order valence-corrected chi connectivity index (χ2v) is 10.5. The van der Waals surface area contributed by atoms with Gasteiger partial charge >= 0.3 is 0 Å². The number of rotatable bonds is 11. The van der Waals surface area contributed by atoms with Gasteiger partial charge in [-0.25, -0.2) is 9.97 Å². The average molecular weight is 530 g/mol. The number of hydrogen-bond donors (Lipinski definition) is 2. The number of hydrogen-bond acceptors (Lipinski definition) is 8. The maximum Gasteiger partial charge on any atom is 0.227 e. The van der Waals surface area contributed by atoms with Crippen LogP contribution in [0.2, 0.25) is 0 Å². The van der Waals surface area contributed by atoms with Crippen LogP contribution in [0.3, 0.4) is 0 Å². The lowest BCUT2D eigenvalue weighted by Gasteiger charge is -2.36. The van der Waals surface area contributed by atoms with Gasteiger partial charge in [0.25, 0.3) is 0 Å². The topological polar surface area (TPSA) is 68.8 Å². The van der Waals surface area contributed by atoms with Crippen molar-refractivity contribution in [2.75, 3.05) is 76.2 Å². The molecule has 2 fully saturated rings. The molecule has 3 heterocycles. The van der Waals surface area contributed by atoms with E-state index in [1.807, 2.05) is 44.4 Å². The van der Waals surface area contributed by atoms with E-state index in [4.69, 9.17) is 9.72 Å². The minimum absolute atomic E-state index is 0.601. The predicted molar refractivity (Wildman–Crippen MR) is 160 cm³/mol. The van der Waals surface area contributed by atoms with Gasteiger partial charge in [-0.15, -0.1) is 0 Å². The number of benzene rings is 2. The van der Waals surface area contributed by atoms with Gasteiger partial charge in [0.05, 0.1) is 12.3 Å². The average Bonchev–Trinajstić information content (AvgIpc) is 2.98. The third-order valence-electron chi connectivity index (χ3n) is 7.67. The molecule has 2 aliphatic rings. The quantitative estimate of drug-likeness (QED) is 0.373. The zero-order valence-electron chi connectivity index (χ0n) is 23.5. The van der Waals surface area contributed by atoms with Crippen LogP contribution >= 0.6 is 0 Å². The Balaban J connectivity index is 1.33. The van der Waals surface area contributed by atoms with E-state index in [0.29, 0.717) is 12.6 Å². The van der Waals surface area contributed by atoms with Crippen LogP contribution < -0.4 is 20.3 Å². The zero-order valence-corrected chi connectivity index (χ0v) is 23.5. The van der Waals surface area contributed by atoms with Gasteiger partial charge in [0.2, 0.25) is 5.95 Å². The van der Waals surface area contributed by atoms with Gasteiger partial charge in [0.15, 0.2) is 0 Å². The molecule has 1 aromatic heterocycles. The van der Waals surface area contributed by atoms with Gasteiger partial charge < -0.3 is 20.3 Å². The van der Waals surface area contributed by atoms with Crippen molar-refractivity contribution in [1.29, 1.82) is 0 Å². The van der Waals surface area contributed by atoms with Crippen molar-refractivity contribution >= 4 is 17.3 Å². The summed E-state index contributed by atoms with van der Waals surface area (Å²) in [6.45, 7) is 12.5. The molecular weight excluding hydrogens is 486 g/mol. The standard InChI is InChI=1S/C31H43N7O/c1-3-39-28-9-7-8-25(23-28)29-12-13-33-31(35-29)34-27-10-11-30(38-15-5-4-6-16-38)26(22-27)24-37-20-18-36(19-21-37)17-14-32-2/h7-13,22-23,32H,3-6,14-21,24H2,1-2H3,(H,33,34,35). The Morgan fingerprint density at radius 2 is 1.72 bits per heavy atom. The number of ether oxygens (including phenoxy) is 1. The summed E-state index contributed by atoms with van der Waals surface area (Å²) in [6.07, 6.45) is 5.69. The van der Waals surface area contributed by atoms with Gasteiger partial charge in [-0.2, -0.15) is 0 Å². The largest absolute Gasteiger partial charge is 0.494 e. The maximum absolute atomic E-state index is 5.68. The number of piperazine rings is 1. The van der Waals surface area contributed by atoms with Crippen LogP contribution in [0.5, 0.6) is 5.75 Å². The monoisotopic (exact) mass is 529 g/mol. The fourth-order valence-electron chi connectivity index (χ4n) is 5.54. The molecule has 5 rings (SSSR count). The van der Waals surface area contributed by atoms with E-state index in [0.717, 1.165) is 81.6 Å². The van der Waals surface area contributed by atoms with Crippen molar-refractivity contribution in [1.82, 2.24) is 25.1 Å². The zero-order chi connectivity index (χ0) is 26.9. The van der Waals surface area contributed by atoms with Gasteiger partial charge in [-0.3, -0.25) is 9.80 Å². The maximum atomic E-state index is 5.68. The van der Waals surface area contributed by atoms with Crippen molar-refractivity contribution in [2.45, 2.75) is 32.7 Å². The van der Waals surface area contributed by atoms with E-state index in [9.17, 15) is 0 Å². The summed E-state index contributed by atoms with van der Waals surface area (Å²) < 4.78 is 5.68. The molecule has 2 saturated heterocycles. The first-order valence-electron chi connectivity index (χ1n) is 14.5. The van der Waals surface area contributed by atoms with E-state index >= 15 is 0 Å². The number of nitrogens with zero attached hydrogens (tertiary/aromatic N) is 5. The van der Waals surface area contributed by atoms with E-state index in [1.165, 1.54) is 30.5 Å². The number of piperidine rings is 1. The van der Waals surface area contributed by atoms with Crippen molar-refractivity contribution in [2.24, 2.45) is 0 Å². The molecule has 2 N–H and O–H groups in total. The molecule has 208 valence electrons. The van der Waals surface area contributed by atoms with Crippen LogP contribution in [0.25, 0.3) is 11.3 Å². The van der Waals surface area contributed by atoms with Crippen molar-refractivity contribution in [3.8, 4) is 17.0 Å². The molecule has 8 heteroatoms. The molecule has 8 nitrogen and oxygen atoms in total. The predicted octanol–water partition coefficient (Wildman–Crippen LogP) is 4.61. The van der Waals surface area contributed by atoms with Gasteiger partial charge in [0, 0.05) is 82.0 Å². The third-order valence-corrected chi connectivity index (χ3v) is 7.67. The van der Waals surface area contributed by atoms with Gasteiger partial charge in [-0.1, -0.05) is 12.1 Å². The van der Waals surface area contributed by atoms with Crippen LogP contribution in [-0.2, 0) is 6.54 Å². The lowest BCUT2D eigenvalue weighted by molar-refractivity contribution is 0.128. The molecule has 3 aromatic rings. The summed E-state index contributed by atoms with van der Waals surface area (Å²) in [7, 11) is 2.03. The lowest BCUT2D eigenvalue weighted by Crippen LogP contribution is -2.47. The molecule has 0 amide bonds. The number of aromatic nitrogens is 2. The molecule has 0 spiro atoms. The van der Waals surface area contributed by atoms with Crippen LogP contribution in [0.4, 0.5) is 17.3 Å². The molecule has 0 radical (unpaired) electrons. The molecule has 39 heavy (non-hydrogen) atoms. The Hall–Kier alpha value is -3.20. The summed E-state index contributed by atoms with van der Waals surface area (Å²) in [5.74, 6) is 1.45. The fraction of sp³-hybridized carbons (Fsp3) is 0.484. The summed E-state index contributed by atoms with van der Waals surface area (Å²) in [4.78, 5) is 17.1. The Morgan fingerprint density at radius 3 is 2.51 bits per heavy atom. The first kappa shape index (κ1) is 27.4. The van der Waals surface area contributed by atoms with Crippen molar-refractivity contribution in [3.63, 3.8) is 0 Å². The van der Waals surface area contributed by atoms with Crippen molar-refractivity contribution in [3.05, 3.63) is 60.3 Å². The smallest absolute Gasteiger partial charge is 0.227 e. The first-order valence-corrected chi connectivity index (χ1v) is 14.5. The molecule has 0 saturated carbocycles. The highest BCUT2D eigenvalue weighted by atomic mass is 16.5. The van der Waals surface area contributed by atoms with E-state index < -0.39 is 0 Å². The molecule has 2 aliphatic heterocycles.